The molecule has 8 nitrogen and oxygen atoms in total. The topological polar surface area (TPSA) is 110 Å². The molecule has 0 aliphatic rings. The summed E-state index contributed by atoms with van der Waals surface area (Å²) in [4.78, 5) is 40.7. The van der Waals surface area contributed by atoms with Gasteiger partial charge in [-0.2, -0.15) is 0 Å². The van der Waals surface area contributed by atoms with Crippen molar-refractivity contribution in [1.82, 2.24) is 14.7 Å². The first-order chi connectivity index (χ1) is 11.6. The molecule has 2 heterocycles. The van der Waals surface area contributed by atoms with Crippen molar-refractivity contribution >= 4 is 28.2 Å². The molecule has 1 atom stereocenters. The minimum atomic E-state index is -1.19. The van der Waals surface area contributed by atoms with Gasteiger partial charge in [0.1, 0.15) is 11.6 Å². The van der Waals surface area contributed by atoms with Gasteiger partial charge in [-0.3, -0.25) is 14.0 Å². The molecule has 2 N–H and O–H groups in total. The van der Waals surface area contributed by atoms with Crippen LogP contribution in [0, 0.1) is 6.92 Å². The van der Waals surface area contributed by atoms with Gasteiger partial charge in [0.15, 0.2) is 4.96 Å². The Morgan fingerprint density at radius 3 is 2.72 bits per heavy atom. The van der Waals surface area contributed by atoms with Crippen LogP contribution in [0.3, 0.4) is 0 Å². The van der Waals surface area contributed by atoms with E-state index in [4.69, 9.17) is 4.74 Å². The first-order valence-electron chi connectivity index (χ1n) is 7.73. The molecule has 25 heavy (non-hydrogen) atoms. The highest BCUT2D eigenvalue weighted by Crippen LogP contribution is 2.11. The number of fused-ring (bicyclic) bond motifs is 1. The molecule has 0 saturated carbocycles. The van der Waals surface area contributed by atoms with Gasteiger partial charge in [-0.15, -0.1) is 11.3 Å². The second-order valence-corrected chi connectivity index (χ2v) is 7.42. The largest absolute Gasteiger partial charge is 0.480 e. The van der Waals surface area contributed by atoms with Crippen molar-refractivity contribution in [2.45, 2.75) is 45.8 Å². The molecule has 2 aromatic heterocycles. The molecule has 0 aromatic carbocycles. The zero-order valence-corrected chi connectivity index (χ0v) is 15.3. The third kappa shape index (κ3) is 4.64. The molecule has 1 amide bonds. The van der Waals surface area contributed by atoms with Crippen LogP contribution in [-0.4, -0.2) is 44.6 Å². The van der Waals surface area contributed by atoms with Gasteiger partial charge < -0.3 is 15.2 Å². The van der Waals surface area contributed by atoms with Crippen LogP contribution in [0.1, 0.15) is 43.2 Å². The second-order valence-electron chi connectivity index (χ2n) is 6.59. The van der Waals surface area contributed by atoms with Crippen molar-refractivity contribution in [3.05, 3.63) is 33.2 Å². The molecule has 1 unspecified atom stereocenters. The Morgan fingerprint density at radius 2 is 2.12 bits per heavy atom. The number of amides is 1. The van der Waals surface area contributed by atoms with E-state index in [2.05, 4.69) is 10.3 Å². The molecule has 0 radical (unpaired) electrons. The average molecular weight is 367 g/mol. The van der Waals surface area contributed by atoms with Crippen LogP contribution < -0.4 is 10.9 Å². The van der Waals surface area contributed by atoms with Crippen LogP contribution in [0.25, 0.3) is 4.96 Å². The highest BCUT2D eigenvalue weighted by molar-refractivity contribution is 7.15. The highest BCUT2D eigenvalue weighted by Gasteiger charge is 2.24. The lowest BCUT2D eigenvalue weighted by molar-refractivity contribution is -0.140. The number of thiazole rings is 1. The minimum absolute atomic E-state index is 0.0901. The molecule has 2 rings (SSSR count). The Bertz CT molecular complexity index is 850. The molecule has 0 saturated heterocycles. The first-order valence-corrected chi connectivity index (χ1v) is 8.61. The Labute approximate surface area is 148 Å². The van der Waals surface area contributed by atoms with Crippen molar-refractivity contribution in [3.63, 3.8) is 0 Å². The number of carbonyl (C=O) groups is 2. The Kier molecular flexibility index (Phi) is 5.58. The summed E-state index contributed by atoms with van der Waals surface area (Å²) in [7, 11) is 0. The average Bonchev–Trinajstić information content (AvgIpc) is 2.87. The lowest BCUT2D eigenvalue weighted by Crippen LogP contribution is -2.44. The van der Waals surface area contributed by atoms with Crippen molar-refractivity contribution in [2.24, 2.45) is 0 Å². The van der Waals surface area contributed by atoms with Crippen LogP contribution in [-0.2, 0) is 9.53 Å². The van der Waals surface area contributed by atoms with Gasteiger partial charge in [0.2, 0.25) is 0 Å². The molecule has 2 aromatic rings. The molecule has 136 valence electrons. The quantitative estimate of drug-likeness (QED) is 0.800. The van der Waals surface area contributed by atoms with Crippen molar-refractivity contribution in [1.29, 1.82) is 0 Å². The second kappa shape index (κ2) is 7.32. The number of ether oxygens (including phenoxy) is 1. The van der Waals surface area contributed by atoms with Gasteiger partial charge in [0.25, 0.3) is 11.5 Å². The fraction of sp³-hybridized carbons (Fsp3) is 0.500. The summed E-state index contributed by atoms with van der Waals surface area (Å²) >= 11 is 1.29. The van der Waals surface area contributed by atoms with E-state index >= 15 is 0 Å². The summed E-state index contributed by atoms with van der Waals surface area (Å²) in [6.07, 6.45) is 1.26. The first kappa shape index (κ1) is 19.1. The third-order valence-electron chi connectivity index (χ3n) is 3.41. The number of hydrogen-bond donors (Lipinski definition) is 2. The number of nitrogens with zero attached hydrogens (tertiary/aromatic N) is 2. The zero-order valence-electron chi connectivity index (χ0n) is 14.5. The lowest BCUT2D eigenvalue weighted by Gasteiger charge is -2.21. The summed E-state index contributed by atoms with van der Waals surface area (Å²) in [6, 6.07) is -1.15. The normalized spacial score (nSPS) is 13.0. The predicted octanol–water partition coefficient (Wildman–Crippen LogP) is 1.45. The maximum Gasteiger partial charge on any atom is 0.326 e. The van der Waals surface area contributed by atoms with Crippen LogP contribution in [0.5, 0.6) is 0 Å². The minimum Gasteiger partial charge on any atom is -0.480 e. The zero-order chi connectivity index (χ0) is 18.8. The van der Waals surface area contributed by atoms with E-state index in [9.17, 15) is 19.5 Å². The molecular weight excluding hydrogens is 346 g/mol. The fourth-order valence-electron chi connectivity index (χ4n) is 2.16. The SMILES string of the molecule is Cc1csc2ncc(C(=O)NC(CCOC(C)(C)C)C(=O)O)c(=O)n12. The van der Waals surface area contributed by atoms with Crippen LogP contribution in [0.15, 0.2) is 16.4 Å². The number of aryl methyl sites for hydroxylation is 1. The number of aliphatic carboxylic acids is 1. The number of nitrogens with one attached hydrogen (secondary N) is 1. The molecule has 0 aliphatic carbocycles. The van der Waals surface area contributed by atoms with E-state index in [-0.39, 0.29) is 18.6 Å². The summed E-state index contributed by atoms with van der Waals surface area (Å²) in [5.74, 6) is -1.95. The van der Waals surface area contributed by atoms with Crippen LogP contribution in [0.4, 0.5) is 0 Å². The lowest BCUT2D eigenvalue weighted by atomic mass is 10.1. The van der Waals surface area contributed by atoms with Crippen LogP contribution >= 0.6 is 11.3 Å². The van der Waals surface area contributed by atoms with E-state index in [1.807, 2.05) is 20.8 Å². The highest BCUT2D eigenvalue weighted by atomic mass is 32.1. The molecule has 0 spiro atoms. The van der Waals surface area contributed by atoms with Crippen LogP contribution in [0.2, 0.25) is 0 Å². The van der Waals surface area contributed by atoms with E-state index in [1.165, 1.54) is 21.9 Å². The van der Waals surface area contributed by atoms with E-state index < -0.39 is 29.1 Å². The maximum atomic E-state index is 12.4. The predicted molar refractivity (Wildman–Crippen MR) is 93.3 cm³/mol. The number of aromatic nitrogens is 2. The summed E-state index contributed by atoms with van der Waals surface area (Å²) in [5, 5.41) is 13.4. The summed E-state index contributed by atoms with van der Waals surface area (Å²) < 4.78 is 6.82. The van der Waals surface area contributed by atoms with Gasteiger partial charge >= 0.3 is 5.97 Å². The fourth-order valence-corrected chi connectivity index (χ4v) is 2.98. The Hall–Kier alpha value is -2.26. The van der Waals surface area contributed by atoms with Gasteiger partial charge in [-0.05, 0) is 27.7 Å². The van der Waals surface area contributed by atoms with Gasteiger partial charge in [0.05, 0.1) is 5.60 Å². The molecule has 9 heteroatoms. The smallest absolute Gasteiger partial charge is 0.326 e. The van der Waals surface area contributed by atoms with E-state index in [1.54, 1.807) is 12.3 Å². The number of carbonyl (C=O) groups excluding carboxylic acids is 1. The summed E-state index contributed by atoms with van der Waals surface area (Å²) in [5.41, 5.74) is -0.448. The van der Waals surface area contributed by atoms with Crippen molar-refractivity contribution in [2.75, 3.05) is 6.61 Å². The number of carboxylic acid groups (broad SMARTS) is 1. The summed E-state index contributed by atoms with van der Waals surface area (Å²) in [6.45, 7) is 7.46. The Balaban J connectivity index is 2.16. The van der Waals surface area contributed by atoms with Gasteiger partial charge in [-0.1, -0.05) is 0 Å². The number of carboxylic acids is 1. The number of rotatable bonds is 6. The Morgan fingerprint density at radius 1 is 1.44 bits per heavy atom. The maximum absolute atomic E-state index is 12.4. The molecule has 0 aliphatic heterocycles. The van der Waals surface area contributed by atoms with Crippen molar-refractivity contribution < 1.29 is 19.4 Å². The van der Waals surface area contributed by atoms with Crippen molar-refractivity contribution in [3.8, 4) is 0 Å². The van der Waals surface area contributed by atoms with Gasteiger partial charge in [-0.25, -0.2) is 9.78 Å². The molecule has 0 bridgehead atoms. The van der Waals surface area contributed by atoms with Gasteiger partial charge in [0, 0.05) is 30.3 Å². The van der Waals surface area contributed by atoms with E-state index in [0.29, 0.717) is 10.7 Å². The molecular formula is C16H21N3O5S. The monoisotopic (exact) mass is 367 g/mol. The van der Waals surface area contributed by atoms with E-state index in [0.717, 1.165) is 0 Å². The standard InChI is InChI=1S/C16H21N3O5S/c1-9-8-25-15-17-7-10(13(21)19(9)15)12(20)18-11(14(22)23)5-6-24-16(2,3)4/h7-8,11H,5-6H2,1-4H3,(H,18,20)(H,22,23). The number of hydrogen-bond acceptors (Lipinski definition) is 6. The third-order valence-corrected chi connectivity index (χ3v) is 4.36. The molecule has 0 fully saturated rings.